The van der Waals surface area contributed by atoms with Crippen LogP contribution < -0.4 is 5.32 Å². The molecule has 0 aliphatic rings. The second-order valence-electron chi connectivity index (χ2n) is 6.46. The molecule has 6 nitrogen and oxygen atoms in total. The number of carbonyl (C=O) groups is 1. The SMILES string of the molecule is CC(C)(C)OC(=O)NCC(O)C(O)c1cc2ccccc2nc1Cl. The topological polar surface area (TPSA) is 91.7 Å². The molecule has 7 heteroatoms. The maximum atomic E-state index is 11.6. The van der Waals surface area contributed by atoms with Crippen molar-refractivity contribution in [2.24, 2.45) is 0 Å². The average Bonchev–Trinajstić information content (AvgIpc) is 2.49. The van der Waals surface area contributed by atoms with Gasteiger partial charge in [0.2, 0.25) is 0 Å². The fourth-order valence-electron chi connectivity index (χ4n) is 2.14. The Kier molecular flexibility index (Phi) is 5.64. The fourth-order valence-corrected chi connectivity index (χ4v) is 2.39. The van der Waals surface area contributed by atoms with Crippen LogP contribution in [0.1, 0.15) is 32.4 Å². The molecule has 1 aromatic carbocycles. The number of nitrogens with one attached hydrogen (secondary N) is 1. The first-order chi connectivity index (χ1) is 11.2. The van der Waals surface area contributed by atoms with Gasteiger partial charge in [-0.25, -0.2) is 9.78 Å². The number of hydrogen-bond acceptors (Lipinski definition) is 5. The standard InChI is InChI=1S/C17H21ClN2O4/c1-17(2,3)24-16(23)19-9-13(21)14(22)11-8-10-6-4-5-7-12(10)20-15(11)18/h4-8,13-14,21-22H,9H2,1-3H3,(H,19,23). The molecule has 2 unspecified atom stereocenters. The highest BCUT2D eigenvalue weighted by molar-refractivity contribution is 6.30. The molecule has 0 saturated heterocycles. The van der Waals surface area contributed by atoms with Gasteiger partial charge in [-0.3, -0.25) is 0 Å². The Labute approximate surface area is 145 Å². The maximum absolute atomic E-state index is 11.6. The highest BCUT2D eigenvalue weighted by atomic mass is 35.5. The Morgan fingerprint density at radius 3 is 2.67 bits per heavy atom. The lowest BCUT2D eigenvalue weighted by molar-refractivity contribution is 0.0129. The molecule has 1 heterocycles. The third-order valence-electron chi connectivity index (χ3n) is 3.24. The zero-order chi connectivity index (χ0) is 17.9. The minimum absolute atomic E-state index is 0.109. The van der Waals surface area contributed by atoms with E-state index < -0.39 is 23.9 Å². The van der Waals surface area contributed by atoms with Gasteiger partial charge < -0.3 is 20.3 Å². The highest BCUT2D eigenvalue weighted by Crippen LogP contribution is 2.27. The first kappa shape index (κ1) is 18.4. The number of aliphatic hydroxyl groups is 2. The van der Waals surface area contributed by atoms with Crippen molar-refractivity contribution in [3.8, 4) is 0 Å². The van der Waals surface area contributed by atoms with Gasteiger partial charge in [-0.15, -0.1) is 0 Å². The van der Waals surface area contributed by atoms with Gasteiger partial charge >= 0.3 is 6.09 Å². The number of fused-ring (bicyclic) bond motifs is 1. The van der Waals surface area contributed by atoms with Crippen LogP contribution in [0.3, 0.4) is 0 Å². The molecule has 130 valence electrons. The number of halogens is 1. The first-order valence-corrected chi connectivity index (χ1v) is 7.93. The largest absolute Gasteiger partial charge is 0.444 e. The predicted octanol–water partition coefficient (Wildman–Crippen LogP) is 2.81. The second kappa shape index (κ2) is 7.34. The van der Waals surface area contributed by atoms with Crippen molar-refractivity contribution in [2.45, 2.75) is 38.6 Å². The molecule has 24 heavy (non-hydrogen) atoms. The summed E-state index contributed by atoms with van der Waals surface area (Å²) in [4.78, 5) is 15.8. The maximum Gasteiger partial charge on any atom is 0.407 e. The number of aliphatic hydroxyl groups excluding tert-OH is 2. The van der Waals surface area contributed by atoms with E-state index in [0.29, 0.717) is 11.1 Å². The van der Waals surface area contributed by atoms with Gasteiger partial charge in [0, 0.05) is 17.5 Å². The molecule has 0 fully saturated rings. The minimum Gasteiger partial charge on any atom is -0.444 e. The Hall–Kier alpha value is -1.89. The van der Waals surface area contributed by atoms with E-state index in [4.69, 9.17) is 16.3 Å². The Bertz CT molecular complexity index is 730. The summed E-state index contributed by atoms with van der Waals surface area (Å²) in [6, 6.07) is 8.99. The number of aromatic nitrogens is 1. The number of hydrogen-bond donors (Lipinski definition) is 3. The summed E-state index contributed by atoms with van der Waals surface area (Å²) in [6.45, 7) is 5.02. The van der Waals surface area contributed by atoms with Crippen molar-refractivity contribution in [2.75, 3.05) is 6.54 Å². The Balaban J connectivity index is 2.06. The zero-order valence-corrected chi connectivity index (χ0v) is 14.5. The number of para-hydroxylation sites is 1. The summed E-state index contributed by atoms with van der Waals surface area (Å²) in [6.07, 6.45) is -3.21. The zero-order valence-electron chi connectivity index (χ0n) is 13.8. The van der Waals surface area contributed by atoms with Gasteiger partial charge in [-0.05, 0) is 32.9 Å². The summed E-state index contributed by atoms with van der Waals surface area (Å²) in [7, 11) is 0. The van der Waals surface area contributed by atoms with Crippen LogP contribution in [0.15, 0.2) is 30.3 Å². The van der Waals surface area contributed by atoms with Crippen molar-refractivity contribution in [1.82, 2.24) is 10.3 Å². The molecule has 2 aromatic rings. The van der Waals surface area contributed by atoms with Crippen LogP contribution in [-0.2, 0) is 4.74 Å². The molecule has 2 rings (SSSR count). The summed E-state index contributed by atoms with van der Waals surface area (Å²) < 4.78 is 5.07. The minimum atomic E-state index is -1.29. The van der Waals surface area contributed by atoms with Crippen LogP contribution in [0.2, 0.25) is 5.15 Å². The molecule has 0 saturated carbocycles. The highest BCUT2D eigenvalue weighted by Gasteiger charge is 2.24. The van der Waals surface area contributed by atoms with E-state index >= 15 is 0 Å². The average molecular weight is 353 g/mol. The smallest absolute Gasteiger partial charge is 0.407 e. The molecule has 1 amide bonds. The van der Waals surface area contributed by atoms with E-state index in [2.05, 4.69) is 10.3 Å². The van der Waals surface area contributed by atoms with Gasteiger partial charge in [0.1, 0.15) is 23.0 Å². The van der Waals surface area contributed by atoms with Crippen molar-refractivity contribution >= 4 is 28.6 Å². The quantitative estimate of drug-likeness (QED) is 0.736. The molecule has 0 spiro atoms. The van der Waals surface area contributed by atoms with E-state index in [9.17, 15) is 15.0 Å². The second-order valence-corrected chi connectivity index (χ2v) is 6.81. The molecule has 3 N–H and O–H groups in total. The Morgan fingerprint density at radius 1 is 1.33 bits per heavy atom. The molecule has 1 aromatic heterocycles. The van der Waals surface area contributed by atoms with Crippen LogP contribution in [0.25, 0.3) is 10.9 Å². The number of pyridine rings is 1. The Morgan fingerprint density at radius 2 is 2.00 bits per heavy atom. The van der Waals surface area contributed by atoms with Crippen LogP contribution >= 0.6 is 11.6 Å². The van der Waals surface area contributed by atoms with Gasteiger partial charge in [0.05, 0.1) is 5.52 Å². The molecule has 0 radical (unpaired) electrons. The van der Waals surface area contributed by atoms with Crippen LogP contribution in [0.5, 0.6) is 0 Å². The van der Waals surface area contributed by atoms with Crippen LogP contribution in [0, 0.1) is 0 Å². The van der Waals surface area contributed by atoms with Crippen molar-refractivity contribution in [3.05, 3.63) is 41.0 Å². The number of benzene rings is 1. The fraction of sp³-hybridized carbons (Fsp3) is 0.412. The van der Waals surface area contributed by atoms with E-state index in [0.717, 1.165) is 5.39 Å². The third kappa shape index (κ3) is 4.80. The van der Waals surface area contributed by atoms with E-state index in [1.807, 2.05) is 18.2 Å². The van der Waals surface area contributed by atoms with Crippen LogP contribution in [-0.4, -0.2) is 39.5 Å². The van der Waals surface area contributed by atoms with E-state index in [1.54, 1.807) is 32.9 Å². The third-order valence-corrected chi connectivity index (χ3v) is 3.54. The number of amides is 1. The van der Waals surface area contributed by atoms with Gasteiger partial charge in [0.25, 0.3) is 0 Å². The van der Waals surface area contributed by atoms with Gasteiger partial charge in [-0.2, -0.15) is 0 Å². The summed E-state index contributed by atoms with van der Waals surface area (Å²) in [5.41, 5.74) is 0.354. The van der Waals surface area contributed by atoms with E-state index in [-0.39, 0.29) is 11.7 Å². The summed E-state index contributed by atoms with van der Waals surface area (Å²) >= 11 is 6.10. The molecule has 0 aliphatic carbocycles. The lowest BCUT2D eigenvalue weighted by atomic mass is 10.0. The molecule has 2 atom stereocenters. The summed E-state index contributed by atoms with van der Waals surface area (Å²) in [5.74, 6) is 0. The number of alkyl carbamates (subject to hydrolysis) is 1. The lowest BCUT2D eigenvalue weighted by Crippen LogP contribution is -2.38. The number of carbonyl (C=O) groups excluding carboxylic acids is 1. The molecule has 0 aliphatic heterocycles. The predicted molar refractivity (Wildman–Crippen MR) is 92.0 cm³/mol. The van der Waals surface area contributed by atoms with Crippen LogP contribution in [0.4, 0.5) is 4.79 Å². The van der Waals surface area contributed by atoms with Crippen molar-refractivity contribution in [1.29, 1.82) is 0 Å². The number of rotatable bonds is 4. The van der Waals surface area contributed by atoms with E-state index in [1.165, 1.54) is 0 Å². The molecule has 0 bridgehead atoms. The molecular formula is C17H21ClN2O4. The van der Waals surface area contributed by atoms with Gasteiger partial charge in [0.15, 0.2) is 0 Å². The molecular weight excluding hydrogens is 332 g/mol. The monoisotopic (exact) mass is 352 g/mol. The number of ether oxygens (including phenoxy) is 1. The lowest BCUT2D eigenvalue weighted by Gasteiger charge is -2.22. The van der Waals surface area contributed by atoms with Crippen molar-refractivity contribution in [3.63, 3.8) is 0 Å². The van der Waals surface area contributed by atoms with Crippen molar-refractivity contribution < 1.29 is 19.7 Å². The van der Waals surface area contributed by atoms with Gasteiger partial charge in [-0.1, -0.05) is 29.8 Å². The summed E-state index contributed by atoms with van der Waals surface area (Å²) in [5, 5.41) is 23.7. The normalized spacial score (nSPS) is 14.2. The number of nitrogens with zero attached hydrogens (tertiary/aromatic N) is 1. The first-order valence-electron chi connectivity index (χ1n) is 7.55.